The van der Waals surface area contributed by atoms with Crippen LogP contribution in [0.4, 0.5) is 0 Å². The summed E-state index contributed by atoms with van der Waals surface area (Å²) in [4.78, 5) is 11.6. The molecule has 1 amide bonds. The van der Waals surface area contributed by atoms with Gasteiger partial charge in [-0.3, -0.25) is 4.79 Å². The molecule has 1 aromatic rings. The van der Waals surface area contributed by atoms with Crippen LogP contribution in [0.3, 0.4) is 0 Å². The standard InChI is InChI=1S/C17H28N2O3/c1-6-9-22-13-8-7-12(10-14(13)21-5)11-19-15(16(18)20)17(2,3)4/h7-8,10,15,19H,6,9,11H2,1-5H3,(H2,18,20). The second kappa shape index (κ2) is 8.03. The number of rotatable bonds is 8. The first-order valence-electron chi connectivity index (χ1n) is 7.62. The first-order chi connectivity index (χ1) is 10.3. The molecule has 0 aliphatic heterocycles. The molecule has 5 nitrogen and oxygen atoms in total. The molecule has 3 N–H and O–H groups in total. The summed E-state index contributed by atoms with van der Waals surface area (Å²) in [5, 5.41) is 3.22. The Labute approximate surface area is 133 Å². The average molecular weight is 308 g/mol. The van der Waals surface area contributed by atoms with Crippen LogP contribution in [0.15, 0.2) is 18.2 Å². The molecule has 0 radical (unpaired) electrons. The predicted octanol–water partition coefficient (Wildman–Crippen LogP) is 2.47. The van der Waals surface area contributed by atoms with Crippen molar-refractivity contribution < 1.29 is 14.3 Å². The summed E-state index contributed by atoms with van der Waals surface area (Å²) in [6.07, 6.45) is 0.943. The highest BCUT2D eigenvalue weighted by molar-refractivity contribution is 5.80. The van der Waals surface area contributed by atoms with Crippen molar-refractivity contribution >= 4 is 5.91 Å². The van der Waals surface area contributed by atoms with Gasteiger partial charge in [-0.25, -0.2) is 0 Å². The molecule has 0 fully saturated rings. The molecule has 124 valence electrons. The normalized spacial score (nSPS) is 12.8. The number of hydrogen-bond donors (Lipinski definition) is 2. The molecule has 0 bridgehead atoms. The molecule has 0 heterocycles. The van der Waals surface area contributed by atoms with Crippen molar-refractivity contribution in [2.24, 2.45) is 11.1 Å². The molecular formula is C17H28N2O3. The molecule has 0 aromatic heterocycles. The maximum Gasteiger partial charge on any atom is 0.235 e. The number of methoxy groups -OCH3 is 1. The number of carbonyl (C=O) groups excluding carboxylic acids is 1. The van der Waals surface area contributed by atoms with Crippen molar-refractivity contribution in [2.45, 2.75) is 46.7 Å². The van der Waals surface area contributed by atoms with Crippen LogP contribution in [0.5, 0.6) is 11.5 Å². The largest absolute Gasteiger partial charge is 0.493 e. The first kappa shape index (κ1) is 18.3. The summed E-state index contributed by atoms with van der Waals surface area (Å²) in [5.74, 6) is 1.08. The second-order valence-electron chi connectivity index (χ2n) is 6.42. The first-order valence-corrected chi connectivity index (χ1v) is 7.62. The molecule has 0 saturated carbocycles. The van der Waals surface area contributed by atoms with E-state index in [9.17, 15) is 4.79 Å². The zero-order chi connectivity index (χ0) is 16.8. The molecule has 0 spiro atoms. The lowest BCUT2D eigenvalue weighted by molar-refractivity contribution is -0.122. The molecule has 5 heteroatoms. The zero-order valence-electron chi connectivity index (χ0n) is 14.2. The maximum absolute atomic E-state index is 11.6. The van der Waals surface area contributed by atoms with Crippen LogP contribution in [0.2, 0.25) is 0 Å². The van der Waals surface area contributed by atoms with E-state index in [1.165, 1.54) is 0 Å². The topological polar surface area (TPSA) is 73.6 Å². The van der Waals surface area contributed by atoms with Gasteiger partial charge in [0.15, 0.2) is 11.5 Å². The lowest BCUT2D eigenvalue weighted by Gasteiger charge is -2.29. The van der Waals surface area contributed by atoms with Crippen LogP contribution in [-0.4, -0.2) is 25.7 Å². The fraction of sp³-hybridized carbons (Fsp3) is 0.588. The maximum atomic E-state index is 11.6. The van der Waals surface area contributed by atoms with E-state index in [0.29, 0.717) is 18.9 Å². The molecule has 22 heavy (non-hydrogen) atoms. The van der Waals surface area contributed by atoms with Crippen molar-refractivity contribution in [1.29, 1.82) is 0 Å². The molecule has 1 unspecified atom stereocenters. The Balaban J connectivity index is 2.79. The summed E-state index contributed by atoms with van der Waals surface area (Å²) in [7, 11) is 1.62. The van der Waals surface area contributed by atoms with Gasteiger partial charge in [0.2, 0.25) is 5.91 Å². The van der Waals surface area contributed by atoms with Crippen molar-refractivity contribution in [1.82, 2.24) is 5.32 Å². The van der Waals surface area contributed by atoms with Gasteiger partial charge in [0.25, 0.3) is 0 Å². The summed E-state index contributed by atoms with van der Waals surface area (Å²) >= 11 is 0. The van der Waals surface area contributed by atoms with E-state index >= 15 is 0 Å². The van der Waals surface area contributed by atoms with Gasteiger partial charge in [0.05, 0.1) is 19.8 Å². The second-order valence-corrected chi connectivity index (χ2v) is 6.42. The third-order valence-electron chi connectivity index (χ3n) is 3.35. The van der Waals surface area contributed by atoms with E-state index in [2.05, 4.69) is 12.2 Å². The average Bonchev–Trinajstić information content (AvgIpc) is 2.43. The van der Waals surface area contributed by atoms with Gasteiger partial charge in [-0.15, -0.1) is 0 Å². The van der Waals surface area contributed by atoms with Gasteiger partial charge >= 0.3 is 0 Å². The van der Waals surface area contributed by atoms with E-state index in [1.807, 2.05) is 39.0 Å². The van der Waals surface area contributed by atoms with E-state index in [4.69, 9.17) is 15.2 Å². The minimum Gasteiger partial charge on any atom is -0.493 e. The van der Waals surface area contributed by atoms with Gasteiger partial charge in [-0.1, -0.05) is 33.8 Å². The molecular weight excluding hydrogens is 280 g/mol. The molecule has 0 aliphatic carbocycles. The SMILES string of the molecule is CCCOc1ccc(CNC(C(N)=O)C(C)(C)C)cc1OC. The number of hydrogen-bond acceptors (Lipinski definition) is 4. The van der Waals surface area contributed by atoms with Crippen LogP contribution in [0.25, 0.3) is 0 Å². The van der Waals surface area contributed by atoms with Crippen molar-refractivity contribution in [3.63, 3.8) is 0 Å². The van der Waals surface area contributed by atoms with Crippen LogP contribution >= 0.6 is 0 Å². The Hall–Kier alpha value is -1.75. The molecule has 0 saturated heterocycles. The van der Waals surface area contributed by atoms with Gasteiger partial charge < -0.3 is 20.5 Å². The lowest BCUT2D eigenvalue weighted by atomic mass is 9.86. The monoisotopic (exact) mass is 308 g/mol. The highest BCUT2D eigenvalue weighted by Crippen LogP contribution is 2.28. The fourth-order valence-electron chi connectivity index (χ4n) is 2.21. The van der Waals surface area contributed by atoms with Crippen molar-refractivity contribution in [2.75, 3.05) is 13.7 Å². The quantitative estimate of drug-likeness (QED) is 0.774. The van der Waals surface area contributed by atoms with Crippen LogP contribution in [-0.2, 0) is 11.3 Å². The number of nitrogens with two attached hydrogens (primary N) is 1. The summed E-state index contributed by atoms with van der Waals surface area (Å²) in [6.45, 7) is 9.20. The van der Waals surface area contributed by atoms with Crippen LogP contribution in [0.1, 0.15) is 39.7 Å². The van der Waals surface area contributed by atoms with Gasteiger partial charge in [0.1, 0.15) is 0 Å². The third kappa shape index (κ3) is 5.22. The lowest BCUT2D eigenvalue weighted by Crippen LogP contribution is -2.49. The number of benzene rings is 1. The highest BCUT2D eigenvalue weighted by Gasteiger charge is 2.28. The summed E-state index contributed by atoms with van der Waals surface area (Å²) in [5.41, 5.74) is 6.25. The van der Waals surface area contributed by atoms with E-state index in [-0.39, 0.29) is 11.3 Å². The Morgan fingerprint density at radius 3 is 2.50 bits per heavy atom. The number of nitrogens with one attached hydrogen (secondary N) is 1. The molecule has 1 atom stereocenters. The smallest absolute Gasteiger partial charge is 0.235 e. The summed E-state index contributed by atoms with van der Waals surface area (Å²) in [6, 6.07) is 5.37. The third-order valence-corrected chi connectivity index (χ3v) is 3.35. The number of amides is 1. The van der Waals surface area contributed by atoms with Crippen LogP contribution in [0, 0.1) is 5.41 Å². The predicted molar refractivity (Wildman–Crippen MR) is 88.1 cm³/mol. The highest BCUT2D eigenvalue weighted by atomic mass is 16.5. The van der Waals surface area contributed by atoms with E-state index < -0.39 is 6.04 Å². The minimum absolute atomic E-state index is 0.236. The Bertz CT molecular complexity index is 495. The number of ether oxygens (including phenoxy) is 2. The van der Waals surface area contributed by atoms with Crippen molar-refractivity contribution in [3.05, 3.63) is 23.8 Å². The molecule has 1 aromatic carbocycles. The van der Waals surface area contributed by atoms with Crippen molar-refractivity contribution in [3.8, 4) is 11.5 Å². The molecule has 1 rings (SSSR count). The van der Waals surface area contributed by atoms with E-state index in [1.54, 1.807) is 7.11 Å². The Morgan fingerprint density at radius 2 is 2.00 bits per heavy atom. The van der Waals surface area contributed by atoms with Crippen LogP contribution < -0.4 is 20.5 Å². The van der Waals surface area contributed by atoms with Gasteiger partial charge in [-0.05, 0) is 29.5 Å². The number of carbonyl (C=O) groups is 1. The van der Waals surface area contributed by atoms with E-state index in [0.717, 1.165) is 17.7 Å². The Morgan fingerprint density at radius 1 is 1.32 bits per heavy atom. The van der Waals surface area contributed by atoms with Gasteiger partial charge in [-0.2, -0.15) is 0 Å². The molecule has 0 aliphatic rings. The van der Waals surface area contributed by atoms with Gasteiger partial charge in [0, 0.05) is 6.54 Å². The zero-order valence-corrected chi connectivity index (χ0v) is 14.2. The number of primary amides is 1. The minimum atomic E-state index is -0.394. The Kier molecular flexibility index (Phi) is 6.68. The fourth-order valence-corrected chi connectivity index (χ4v) is 2.21. The summed E-state index contributed by atoms with van der Waals surface area (Å²) < 4.78 is 11.0.